The molecule has 0 aliphatic heterocycles. The zero-order chi connectivity index (χ0) is 25.1. The molecule has 0 bridgehead atoms. The van der Waals surface area contributed by atoms with E-state index in [1.165, 1.54) is 75.4 Å². The smallest absolute Gasteiger partial charge is 0.0544 e. The van der Waals surface area contributed by atoms with Crippen molar-refractivity contribution in [2.45, 2.75) is 0 Å². The summed E-state index contributed by atoms with van der Waals surface area (Å²) in [7, 11) is 0. The molecule has 8 rings (SSSR count). The molecule has 2 heteroatoms. The van der Waals surface area contributed by atoms with Crippen LogP contribution in [0.5, 0.6) is 0 Å². The molecule has 38 heavy (non-hydrogen) atoms. The standard InChI is InChI=1S/C36H23NS.H2/c1-3-19-33-29(13-1)31-17-7-15-27(35(31)37-33)25-11-5-9-23(21-25)24-10-6-12-26(22-24)28-16-8-18-32-30-14-2-4-20-34(30)38-36(28)32;/h1-22,37H;1H. The number of nitrogens with one attached hydrogen (secondary N) is 1. The molecule has 0 atom stereocenters. The molecule has 0 aliphatic rings. The number of aromatic amines is 1. The molecule has 2 heterocycles. The Morgan fingerprint density at radius 3 is 1.84 bits per heavy atom. The summed E-state index contributed by atoms with van der Waals surface area (Å²) in [4.78, 5) is 3.66. The first kappa shape index (κ1) is 21.4. The second-order valence-electron chi connectivity index (χ2n) is 9.84. The molecule has 0 saturated carbocycles. The van der Waals surface area contributed by atoms with Gasteiger partial charge in [0.05, 0.1) is 5.52 Å². The SMILES string of the molecule is [HH].c1cc(-c2cccc(-c3cccc4c3sc3ccccc34)c2)cc(-c2cccc3c2[nH]c2ccccc23)c1. The maximum Gasteiger partial charge on any atom is 0.0544 e. The van der Waals surface area contributed by atoms with Gasteiger partial charge in [0.25, 0.3) is 0 Å². The summed E-state index contributed by atoms with van der Waals surface area (Å²) in [5, 5.41) is 5.21. The van der Waals surface area contributed by atoms with Gasteiger partial charge in [0.1, 0.15) is 0 Å². The predicted molar refractivity (Wildman–Crippen MR) is 167 cm³/mol. The molecule has 0 amide bonds. The zero-order valence-electron chi connectivity index (χ0n) is 20.6. The predicted octanol–water partition coefficient (Wildman–Crippen LogP) is 10.9. The lowest BCUT2D eigenvalue weighted by molar-refractivity contribution is 1.53. The number of rotatable bonds is 3. The number of hydrogen-bond acceptors (Lipinski definition) is 1. The third-order valence-corrected chi connectivity index (χ3v) is 8.85. The maximum atomic E-state index is 3.66. The van der Waals surface area contributed by atoms with Gasteiger partial charge in [0.15, 0.2) is 0 Å². The lowest BCUT2D eigenvalue weighted by atomic mass is 9.95. The van der Waals surface area contributed by atoms with Crippen LogP contribution in [0.25, 0.3) is 75.4 Å². The fraction of sp³-hybridized carbons (Fsp3) is 0. The Balaban J connectivity index is 0.00000253. The number of para-hydroxylation sites is 2. The van der Waals surface area contributed by atoms with Crippen molar-refractivity contribution < 1.29 is 1.43 Å². The van der Waals surface area contributed by atoms with E-state index in [0.29, 0.717) is 0 Å². The van der Waals surface area contributed by atoms with Crippen LogP contribution in [0.15, 0.2) is 133 Å². The van der Waals surface area contributed by atoms with Gasteiger partial charge in [0, 0.05) is 43.5 Å². The number of thiophene rings is 1. The number of aromatic nitrogens is 1. The summed E-state index contributed by atoms with van der Waals surface area (Å²) >= 11 is 1.88. The van der Waals surface area contributed by atoms with E-state index in [2.05, 4.69) is 138 Å². The Hall–Kier alpha value is -4.66. The molecule has 0 saturated heterocycles. The van der Waals surface area contributed by atoms with E-state index in [1.807, 2.05) is 11.3 Å². The van der Waals surface area contributed by atoms with E-state index in [1.54, 1.807) is 0 Å². The summed E-state index contributed by atoms with van der Waals surface area (Å²) in [6.07, 6.45) is 0. The second-order valence-corrected chi connectivity index (χ2v) is 10.9. The molecule has 0 fully saturated rings. The average molecular weight is 504 g/mol. The van der Waals surface area contributed by atoms with Crippen molar-refractivity contribution in [3.8, 4) is 33.4 Å². The maximum absolute atomic E-state index is 3.66. The highest BCUT2D eigenvalue weighted by molar-refractivity contribution is 7.26. The first-order chi connectivity index (χ1) is 18.8. The molecule has 1 nitrogen and oxygen atoms in total. The van der Waals surface area contributed by atoms with Crippen LogP contribution in [0.1, 0.15) is 1.43 Å². The zero-order valence-corrected chi connectivity index (χ0v) is 21.4. The van der Waals surface area contributed by atoms with Gasteiger partial charge in [0.2, 0.25) is 0 Å². The van der Waals surface area contributed by atoms with Crippen molar-refractivity contribution in [3.63, 3.8) is 0 Å². The number of fused-ring (bicyclic) bond motifs is 6. The summed E-state index contributed by atoms with van der Waals surface area (Å²) in [6.45, 7) is 0. The van der Waals surface area contributed by atoms with Gasteiger partial charge in [-0.3, -0.25) is 0 Å². The summed E-state index contributed by atoms with van der Waals surface area (Å²) < 4.78 is 2.69. The Kier molecular flexibility index (Phi) is 4.76. The Morgan fingerprint density at radius 1 is 0.447 bits per heavy atom. The lowest BCUT2D eigenvalue weighted by Gasteiger charge is -2.10. The van der Waals surface area contributed by atoms with Gasteiger partial charge in [-0.2, -0.15) is 0 Å². The molecule has 0 spiro atoms. The van der Waals surface area contributed by atoms with Gasteiger partial charge in [-0.25, -0.2) is 0 Å². The van der Waals surface area contributed by atoms with E-state index in [0.717, 1.165) is 0 Å². The highest BCUT2D eigenvalue weighted by atomic mass is 32.1. The summed E-state index contributed by atoms with van der Waals surface area (Å²) in [5.41, 5.74) is 9.81. The third-order valence-electron chi connectivity index (χ3n) is 7.63. The highest BCUT2D eigenvalue weighted by Gasteiger charge is 2.12. The van der Waals surface area contributed by atoms with Crippen LogP contribution in [0.2, 0.25) is 0 Å². The van der Waals surface area contributed by atoms with Crippen LogP contribution in [0, 0.1) is 0 Å². The van der Waals surface area contributed by atoms with Crippen molar-refractivity contribution in [1.82, 2.24) is 4.98 Å². The normalized spacial score (nSPS) is 11.7. The molecule has 0 aliphatic carbocycles. The van der Waals surface area contributed by atoms with Gasteiger partial charge < -0.3 is 4.98 Å². The molecule has 6 aromatic carbocycles. The molecule has 180 valence electrons. The average Bonchev–Trinajstić information content (AvgIpc) is 3.56. The summed E-state index contributed by atoms with van der Waals surface area (Å²) in [5.74, 6) is 0. The number of hydrogen-bond donors (Lipinski definition) is 1. The first-order valence-corrected chi connectivity index (χ1v) is 13.8. The van der Waals surface area contributed by atoms with E-state index >= 15 is 0 Å². The van der Waals surface area contributed by atoms with Crippen molar-refractivity contribution in [2.75, 3.05) is 0 Å². The van der Waals surface area contributed by atoms with Crippen molar-refractivity contribution in [3.05, 3.63) is 133 Å². The van der Waals surface area contributed by atoms with Crippen LogP contribution in [0.3, 0.4) is 0 Å². The monoisotopic (exact) mass is 503 g/mol. The van der Waals surface area contributed by atoms with Crippen molar-refractivity contribution in [2.24, 2.45) is 0 Å². The van der Waals surface area contributed by atoms with E-state index in [4.69, 9.17) is 0 Å². The van der Waals surface area contributed by atoms with E-state index < -0.39 is 0 Å². The first-order valence-electron chi connectivity index (χ1n) is 12.9. The molecular weight excluding hydrogens is 478 g/mol. The highest BCUT2D eigenvalue weighted by Crippen LogP contribution is 2.41. The minimum Gasteiger partial charge on any atom is -0.354 e. The van der Waals surface area contributed by atoms with Gasteiger partial charge in [-0.1, -0.05) is 109 Å². The van der Waals surface area contributed by atoms with E-state index in [-0.39, 0.29) is 1.43 Å². The van der Waals surface area contributed by atoms with Crippen LogP contribution in [0.4, 0.5) is 0 Å². The Morgan fingerprint density at radius 2 is 1.03 bits per heavy atom. The van der Waals surface area contributed by atoms with Gasteiger partial charge >= 0.3 is 0 Å². The van der Waals surface area contributed by atoms with E-state index in [9.17, 15) is 0 Å². The Bertz CT molecular complexity index is 1990. The molecule has 0 unspecified atom stereocenters. The van der Waals surface area contributed by atoms with Gasteiger partial charge in [-0.05, 0) is 52.1 Å². The molecule has 1 N–H and O–H groups in total. The molecular formula is C36H25NS. The van der Waals surface area contributed by atoms with Gasteiger partial charge in [-0.15, -0.1) is 11.3 Å². The summed E-state index contributed by atoms with van der Waals surface area (Å²) in [6, 6.07) is 48.4. The van der Waals surface area contributed by atoms with Crippen LogP contribution in [-0.2, 0) is 0 Å². The lowest BCUT2D eigenvalue weighted by Crippen LogP contribution is -1.85. The number of benzene rings is 6. The molecule has 2 aromatic heterocycles. The van der Waals surface area contributed by atoms with Crippen molar-refractivity contribution >= 4 is 53.3 Å². The quantitative estimate of drug-likeness (QED) is 0.247. The molecule has 8 aromatic rings. The largest absolute Gasteiger partial charge is 0.354 e. The van der Waals surface area contributed by atoms with Crippen LogP contribution >= 0.6 is 11.3 Å². The minimum absolute atomic E-state index is 0. The third kappa shape index (κ3) is 3.31. The fourth-order valence-corrected chi connectivity index (χ4v) is 7.06. The second kappa shape index (κ2) is 8.44. The fourth-order valence-electron chi connectivity index (χ4n) is 5.82. The number of H-pyrrole nitrogens is 1. The minimum atomic E-state index is 0. The van der Waals surface area contributed by atoms with Crippen LogP contribution < -0.4 is 0 Å². The molecule has 0 radical (unpaired) electrons. The Labute approximate surface area is 226 Å². The van der Waals surface area contributed by atoms with Crippen molar-refractivity contribution in [1.29, 1.82) is 0 Å². The van der Waals surface area contributed by atoms with Crippen LogP contribution in [-0.4, -0.2) is 4.98 Å². The topological polar surface area (TPSA) is 15.8 Å².